The molecule has 0 radical (unpaired) electrons. The molecule has 7 heteroatoms. The number of carbonyl (C=O) groups excluding carboxylic acids is 1. The number of hydrogen-bond donors (Lipinski definition) is 1. The number of hydrogen-bond acceptors (Lipinski definition) is 5. The number of halogens is 1. The van der Waals surface area contributed by atoms with Crippen LogP contribution in [0.3, 0.4) is 0 Å². The molecule has 1 heterocycles. The number of aromatic hydroxyl groups is 1. The Morgan fingerprint density at radius 1 is 1.23 bits per heavy atom. The van der Waals surface area contributed by atoms with Crippen molar-refractivity contribution in [2.24, 2.45) is 0 Å². The molecule has 2 aromatic carbocycles. The summed E-state index contributed by atoms with van der Waals surface area (Å²) in [5.74, 6) is -0.281. The van der Waals surface area contributed by atoms with E-state index in [-0.39, 0.29) is 11.7 Å². The molecule has 0 atom stereocenters. The van der Waals surface area contributed by atoms with Gasteiger partial charge in [0.05, 0.1) is 6.61 Å². The van der Waals surface area contributed by atoms with Gasteiger partial charge in [0.1, 0.15) is 22.5 Å². The summed E-state index contributed by atoms with van der Waals surface area (Å²) in [6.07, 6.45) is 1.37. The average Bonchev–Trinajstić information content (AvgIpc) is 3.02. The highest BCUT2D eigenvalue weighted by molar-refractivity contribution is 9.10. The molecular weight excluding hydrogens is 398 g/mol. The molecule has 134 valence electrons. The Labute approximate surface area is 159 Å². The molecule has 26 heavy (non-hydrogen) atoms. The molecule has 1 aromatic heterocycles. The van der Waals surface area contributed by atoms with Crippen molar-refractivity contribution in [2.45, 2.75) is 19.8 Å². The number of nitrogens with zero attached hydrogens (tertiary/aromatic N) is 3. The first-order chi connectivity index (χ1) is 12.4. The number of rotatable bonds is 6. The van der Waals surface area contributed by atoms with Gasteiger partial charge >= 0.3 is 5.97 Å². The summed E-state index contributed by atoms with van der Waals surface area (Å²) in [5.41, 5.74) is 3.36. The smallest absolute Gasteiger partial charge is 0.333 e. The molecule has 0 amide bonds. The lowest BCUT2D eigenvalue weighted by Gasteiger charge is -2.07. The highest BCUT2D eigenvalue weighted by Gasteiger charge is 2.10. The van der Waals surface area contributed by atoms with Gasteiger partial charge in [-0.1, -0.05) is 28.6 Å². The number of aromatic nitrogens is 3. The van der Waals surface area contributed by atoms with E-state index in [1.54, 1.807) is 13.0 Å². The number of fused-ring (bicyclic) bond motifs is 1. The first-order valence-corrected chi connectivity index (χ1v) is 8.91. The Kier molecular flexibility index (Phi) is 5.37. The minimum atomic E-state index is -0.380. The monoisotopic (exact) mass is 415 g/mol. The second-order valence-corrected chi connectivity index (χ2v) is 6.88. The van der Waals surface area contributed by atoms with Gasteiger partial charge in [-0.15, -0.1) is 15.0 Å². The average molecular weight is 416 g/mol. The highest BCUT2D eigenvalue weighted by Crippen LogP contribution is 2.24. The van der Waals surface area contributed by atoms with E-state index in [4.69, 9.17) is 4.74 Å². The molecule has 1 N–H and O–H groups in total. The number of phenols is 1. The van der Waals surface area contributed by atoms with Crippen molar-refractivity contribution in [1.82, 2.24) is 15.0 Å². The molecule has 6 nitrogen and oxygen atoms in total. The molecule has 0 saturated heterocycles. The van der Waals surface area contributed by atoms with Crippen LogP contribution < -0.4 is 0 Å². The molecule has 0 fully saturated rings. The first kappa shape index (κ1) is 18.1. The summed E-state index contributed by atoms with van der Waals surface area (Å²) in [6, 6.07) is 10.9. The number of ether oxygens (including phenoxy) is 1. The van der Waals surface area contributed by atoms with Crippen LogP contribution in [0.2, 0.25) is 0 Å². The molecule has 0 aliphatic carbocycles. The van der Waals surface area contributed by atoms with Crippen LogP contribution in [-0.2, 0) is 16.0 Å². The Hall–Kier alpha value is -2.67. The summed E-state index contributed by atoms with van der Waals surface area (Å²) in [6.45, 7) is 5.49. The van der Waals surface area contributed by atoms with Crippen LogP contribution in [0, 0.1) is 0 Å². The van der Waals surface area contributed by atoms with Crippen molar-refractivity contribution in [3.8, 4) is 11.4 Å². The van der Waals surface area contributed by atoms with E-state index < -0.39 is 0 Å². The molecule has 3 aromatic rings. The number of esters is 1. The number of carbonyl (C=O) groups is 1. The second-order valence-electron chi connectivity index (χ2n) is 5.97. The molecule has 0 bridgehead atoms. The van der Waals surface area contributed by atoms with Crippen LogP contribution >= 0.6 is 15.9 Å². The number of benzene rings is 2. The zero-order valence-electron chi connectivity index (χ0n) is 14.3. The maximum Gasteiger partial charge on any atom is 0.333 e. The summed E-state index contributed by atoms with van der Waals surface area (Å²) in [7, 11) is 0. The van der Waals surface area contributed by atoms with E-state index >= 15 is 0 Å². The summed E-state index contributed by atoms with van der Waals surface area (Å²) in [5, 5.41) is 19.0. The normalized spacial score (nSPS) is 10.8. The van der Waals surface area contributed by atoms with Crippen molar-refractivity contribution in [3.63, 3.8) is 0 Å². The Morgan fingerprint density at radius 3 is 2.77 bits per heavy atom. The predicted molar refractivity (Wildman–Crippen MR) is 102 cm³/mol. The van der Waals surface area contributed by atoms with Gasteiger partial charge in [-0.3, -0.25) is 0 Å². The maximum absolute atomic E-state index is 11.4. The summed E-state index contributed by atoms with van der Waals surface area (Å²) in [4.78, 5) is 12.8. The van der Waals surface area contributed by atoms with E-state index in [0.717, 1.165) is 21.1 Å². The molecule has 0 saturated carbocycles. The second kappa shape index (κ2) is 7.70. The third-order valence-electron chi connectivity index (χ3n) is 3.79. The van der Waals surface area contributed by atoms with Crippen molar-refractivity contribution in [3.05, 3.63) is 58.6 Å². The molecular formula is C19H18BrN3O3. The van der Waals surface area contributed by atoms with Gasteiger partial charge in [-0.25, -0.2) is 4.79 Å². The molecule has 0 spiro atoms. The fourth-order valence-electron chi connectivity index (χ4n) is 2.44. The maximum atomic E-state index is 11.4. The number of aryl methyl sites for hydroxylation is 1. The fourth-order valence-corrected chi connectivity index (χ4v) is 2.79. The Balaban J connectivity index is 1.74. The zero-order valence-corrected chi connectivity index (χ0v) is 15.9. The van der Waals surface area contributed by atoms with Gasteiger partial charge in [0.25, 0.3) is 0 Å². The van der Waals surface area contributed by atoms with E-state index in [1.165, 1.54) is 4.80 Å². The fraction of sp³-hybridized carbons (Fsp3) is 0.211. The Morgan fingerprint density at radius 2 is 2.00 bits per heavy atom. The lowest BCUT2D eigenvalue weighted by atomic mass is 10.1. The Bertz CT molecular complexity index is 981. The van der Waals surface area contributed by atoms with E-state index in [9.17, 15) is 9.90 Å². The zero-order chi connectivity index (χ0) is 18.7. The first-order valence-electron chi connectivity index (χ1n) is 8.11. The van der Waals surface area contributed by atoms with E-state index in [0.29, 0.717) is 30.7 Å². The third-order valence-corrected chi connectivity index (χ3v) is 4.28. The van der Waals surface area contributed by atoms with Crippen LogP contribution in [0.1, 0.15) is 18.9 Å². The van der Waals surface area contributed by atoms with Gasteiger partial charge in [-0.2, -0.15) is 0 Å². The van der Waals surface area contributed by atoms with Crippen LogP contribution in [0.4, 0.5) is 0 Å². The molecule has 0 aliphatic rings. The lowest BCUT2D eigenvalue weighted by molar-refractivity contribution is -0.139. The largest absolute Gasteiger partial charge is 0.506 e. The third kappa shape index (κ3) is 4.11. The minimum Gasteiger partial charge on any atom is -0.506 e. The van der Waals surface area contributed by atoms with Crippen LogP contribution in [-0.4, -0.2) is 32.7 Å². The van der Waals surface area contributed by atoms with Crippen molar-refractivity contribution >= 4 is 32.9 Å². The quantitative estimate of drug-likeness (QED) is 0.374. The van der Waals surface area contributed by atoms with Gasteiger partial charge in [0.15, 0.2) is 0 Å². The number of phenolic OH excluding ortho intramolecular Hbond substituents is 1. The lowest BCUT2D eigenvalue weighted by Crippen LogP contribution is -2.07. The van der Waals surface area contributed by atoms with E-state index in [2.05, 4.69) is 32.7 Å². The highest BCUT2D eigenvalue weighted by atomic mass is 79.9. The van der Waals surface area contributed by atoms with Gasteiger partial charge in [0, 0.05) is 10.0 Å². The minimum absolute atomic E-state index is 0.0989. The molecule has 0 aliphatic heterocycles. The summed E-state index contributed by atoms with van der Waals surface area (Å²) < 4.78 is 6.01. The van der Waals surface area contributed by atoms with Gasteiger partial charge in [-0.05, 0) is 55.7 Å². The SMILES string of the molecule is C=C(C)C(=O)OCCCc1ccc(O)c(-n2nc3ccc(Br)cc3n2)c1. The predicted octanol–water partition coefficient (Wildman–Crippen LogP) is 3.94. The molecule has 0 unspecified atom stereocenters. The van der Waals surface area contributed by atoms with Gasteiger partial charge < -0.3 is 9.84 Å². The van der Waals surface area contributed by atoms with Crippen LogP contribution in [0.5, 0.6) is 5.75 Å². The summed E-state index contributed by atoms with van der Waals surface area (Å²) >= 11 is 3.41. The molecule has 3 rings (SSSR count). The topological polar surface area (TPSA) is 77.2 Å². The van der Waals surface area contributed by atoms with E-state index in [1.807, 2.05) is 30.3 Å². The van der Waals surface area contributed by atoms with Crippen LogP contribution in [0.25, 0.3) is 16.7 Å². The van der Waals surface area contributed by atoms with Crippen molar-refractivity contribution in [2.75, 3.05) is 6.61 Å². The van der Waals surface area contributed by atoms with Crippen molar-refractivity contribution in [1.29, 1.82) is 0 Å². The van der Waals surface area contributed by atoms with Crippen LogP contribution in [0.15, 0.2) is 53.0 Å². The van der Waals surface area contributed by atoms with Gasteiger partial charge in [0.2, 0.25) is 0 Å². The standard InChI is InChI=1S/C19H18BrN3O3/c1-12(2)19(25)26-9-3-4-13-5-8-18(24)17(10-13)23-21-15-7-6-14(20)11-16(15)22-23/h5-8,10-11,24H,1,3-4,9H2,2H3. The van der Waals surface area contributed by atoms with Crippen molar-refractivity contribution < 1.29 is 14.6 Å².